The molecule has 6 heteroatoms. The summed E-state index contributed by atoms with van der Waals surface area (Å²) in [4.78, 5) is 27.2. The molecule has 0 bridgehead atoms. The van der Waals surface area contributed by atoms with Crippen LogP contribution in [0.25, 0.3) is 0 Å². The predicted molar refractivity (Wildman–Crippen MR) is 120 cm³/mol. The van der Waals surface area contributed by atoms with Gasteiger partial charge < -0.3 is 15.0 Å². The molecule has 1 N–H and O–H groups in total. The number of carbonyl (C=O) groups excluding carboxylic acids is 1. The Morgan fingerprint density at radius 2 is 1.87 bits per heavy atom. The quantitative estimate of drug-likeness (QED) is 0.767. The van der Waals surface area contributed by atoms with Gasteiger partial charge in [0.15, 0.2) is 0 Å². The van der Waals surface area contributed by atoms with Crippen molar-refractivity contribution in [2.45, 2.75) is 75.8 Å². The Morgan fingerprint density at radius 3 is 2.61 bits per heavy atom. The highest BCUT2D eigenvalue weighted by atomic mass is 16.4. The molecule has 3 fully saturated rings. The molecule has 0 aromatic heterocycles. The highest BCUT2D eigenvalue weighted by Crippen LogP contribution is 2.50. The molecule has 1 saturated heterocycles. The number of nitrogens with zero attached hydrogens (tertiary/aromatic N) is 3. The first-order chi connectivity index (χ1) is 15.0. The number of hydrogen-bond donors (Lipinski definition) is 1. The van der Waals surface area contributed by atoms with E-state index in [1.54, 1.807) is 0 Å². The maximum Gasteiger partial charge on any atom is 0.306 e. The van der Waals surface area contributed by atoms with E-state index in [9.17, 15) is 14.7 Å². The zero-order valence-electron chi connectivity index (χ0n) is 18.8. The van der Waals surface area contributed by atoms with Gasteiger partial charge in [-0.05, 0) is 74.0 Å². The predicted octanol–water partition coefficient (Wildman–Crippen LogP) is 4.17. The molecule has 168 valence electrons. The smallest absolute Gasteiger partial charge is 0.306 e. The SMILES string of the molecule is CN1c2cccc(C3CC3)c2C(CCC(=O)N2CCCC3C(C(=O)O)CCCC32)N1C. The molecular formula is C25H35N3O3. The third kappa shape index (κ3) is 3.63. The third-order valence-corrected chi connectivity index (χ3v) is 8.37. The van der Waals surface area contributed by atoms with Crippen LogP contribution in [0.4, 0.5) is 5.69 Å². The van der Waals surface area contributed by atoms with Gasteiger partial charge in [0, 0.05) is 33.1 Å². The van der Waals surface area contributed by atoms with E-state index in [0.29, 0.717) is 12.3 Å². The van der Waals surface area contributed by atoms with E-state index in [0.717, 1.165) is 45.1 Å². The van der Waals surface area contributed by atoms with Gasteiger partial charge in [-0.15, -0.1) is 0 Å². The molecule has 4 aliphatic rings. The number of benzene rings is 1. The summed E-state index contributed by atoms with van der Waals surface area (Å²) in [5.74, 6) is 0.0763. The lowest BCUT2D eigenvalue weighted by Crippen LogP contribution is -2.53. The van der Waals surface area contributed by atoms with E-state index in [-0.39, 0.29) is 29.8 Å². The summed E-state index contributed by atoms with van der Waals surface area (Å²) in [5, 5.41) is 14.2. The number of fused-ring (bicyclic) bond motifs is 2. The van der Waals surface area contributed by atoms with Crippen LogP contribution >= 0.6 is 0 Å². The van der Waals surface area contributed by atoms with Crippen LogP contribution < -0.4 is 5.01 Å². The number of likely N-dealkylation sites (tertiary alicyclic amines) is 1. The van der Waals surface area contributed by atoms with Crippen LogP contribution in [-0.2, 0) is 9.59 Å². The molecular weight excluding hydrogens is 390 g/mol. The van der Waals surface area contributed by atoms with Crippen LogP contribution in [-0.4, -0.2) is 53.6 Å². The Bertz CT molecular complexity index is 868. The molecule has 4 atom stereocenters. The summed E-state index contributed by atoms with van der Waals surface area (Å²) in [5.41, 5.74) is 4.17. The normalized spacial score (nSPS) is 30.8. The largest absolute Gasteiger partial charge is 0.481 e. The fraction of sp³-hybridized carbons (Fsp3) is 0.680. The maximum absolute atomic E-state index is 13.4. The molecule has 4 unspecified atom stereocenters. The third-order valence-electron chi connectivity index (χ3n) is 8.37. The van der Waals surface area contributed by atoms with Crippen LogP contribution in [0.5, 0.6) is 0 Å². The summed E-state index contributed by atoms with van der Waals surface area (Å²) in [6.07, 6.45) is 8.40. The molecule has 6 nitrogen and oxygen atoms in total. The van der Waals surface area contributed by atoms with Crippen molar-refractivity contribution >= 4 is 17.6 Å². The van der Waals surface area contributed by atoms with Gasteiger partial charge >= 0.3 is 5.97 Å². The second-order valence-corrected chi connectivity index (χ2v) is 10.0. The van der Waals surface area contributed by atoms with Gasteiger partial charge in [-0.25, -0.2) is 5.01 Å². The van der Waals surface area contributed by atoms with Crippen molar-refractivity contribution < 1.29 is 14.7 Å². The second kappa shape index (κ2) is 8.12. The molecule has 2 aliphatic heterocycles. The van der Waals surface area contributed by atoms with Gasteiger partial charge in [-0.2, -0.15) is 0 Å². The number of carboxylic acids is 1. The first kappa shape index (κ1) is 20.8. The van der Waals surface area contributed by atoms with Gasteiger partial charge in [0.25, 0.3) is 0 Å². The zero-order valence-corrected chi connectivity index (χ0v) is 18.8. The number of amides is 1. The minimum absolute atomic E-state index is 0.120. The van der Waals surface area contributed by atoms with E-state index >= 15 is 0 Å². The number of carboxylic acid groups (broad SMARTS) is 1. The van der Waals surface area contributed by atoms with Crippen molar-refractivity contribution in [1.82, 2.24) is 9.91 Å². The van der Waals surface area contributed by atoms with Crippen LogP contribution in [0.2, 0.25) is 0 Å². The molecule has 5 rings (SSSR count). The average molecular weight is 426 g/mol. The van der Waals surface area contributed by atoms with Crippen LogP contribution in [0.1, 0.15) is 80.9 Å². The topological polar surface area (TPSA) is 64.1 Å². The van der Waals surface area contributed by atoms with Gasteiger partial charge in [0.1, 0.15) is 0 Å². The van der Waals surface area contributed by atoms with Crippen molar-refractivity contribution in [1.29, 1.82) is 0 Å². The van der Waals surface area contributed by atoms with Crippen molar-refractivity contribution in [2.24, 2.45) is 11.8 Å². The maximum atomic E-state index is 13.4. The molecule has 1 aromatic rings. The Morgan fingerprint density at radius 1 is 1.06 bits per heavy atom. The molecule has 2 heterocycles. The second-order valence-electron chi connectivity index (χ2n) is 10.0. The van der Waals surface area contributed by atoms with Crippen LogP contribution in [0.3, 0.4) is 0 Å². The van der Waals surface area contributed by atoms with Crippen LogP contribution in [0, 0.1) is 11.8 Å². The Hall–Kier alpha value is -2.08. The van der Waals surface area contributed by atoms with Crippen molar-refractivity contribution in [3.8, 4) is 0 Å². The van der Waals surface area contributed by atoms with E-state index in [4.69, 9.17) is 0 Å². The van der Waals surface area contributed by atoms with E-state index < -0.39 is 5.97 Å². The average Bonchev–Trinajstić information content (AvgIpc) is 3.59. The number of carbonyl (C=O) groups is 2. The number of hydrogen-bond acceptors (Lipinski definition) is 4. The van der Waals surface area contributed by atoms with E-state index in [2.05, 4.69) is 47.2 Å². The van der Waals surface area contributed by atoms with Crippen LogP contribution in [0.15, 0.2) is 18.2 Å². The van der Waals surface area contributed by atoms with Gasteiger partial charge in [-0.3, -0.25) is 9.59 Å². The number of anilines is 1. The van der Waals surface area contributed by atoms with Gasteiger partial charge in [0.2, 0.25) is 5.91 Å². The van der Waals surface area contributed by atoms with E-state index in [1.165, 1.54) is 29.7 Å². The standard InChI is InChI=1S/C25H35N3O3/c1-26-21-10-3-6-17(16-11-12-16)24(21)22(27(26)2)13-14-23(29)28-15-5-8-18-19(25(30)31)7-4-9-20(18)28/h3,6,10,16,18-20,22H,4-5,7-9,11-15H2,1-2H3,(H,30,31). The summed E-state index contributed by atoms with van der Waals surface area (Å²) in [7, 11) is 4.24. The minimum Gasteiger partial charge on any atom is -0.481 e. The van der Waals surface area contributed by atoms with Gasteiger partial charge in [0.05, 0.1) is 17.6 Å². The lowest BCUT2D eigenvalue weighted by Gasteiger charge is -2.46. The molecule has 1 aromatic carbocycles. The fourth-order valence-electron chi connectivity index (χ4n) is 6.57. The summed E-state index contributed by atoms with van der Waals surface area (Å²) in [6.45, 7) is 0.788. The first-order valence-electron chi connectivity index (χ1n) is 12.1. The minimum atomic E-state index is -0.677. The Balaban J connectivity index is 1.31. The Kier molecular flexibility index (Phi) is 5.45. The molecule has 0 spiro atoms. The first-order valence-corrected chi connectivity index (χ1v) is 12.1. The lowest BCUT2D eigenvalue weighted by molar-refractivity contribution is -0.152. The number of piperidine rings is 1. The highest BCUT2D eigenvalue weighted by molar-refractivity contribution is 5.77. The van der Waals surface area contributed by atoms with Crippen molar-refractivity contribution in [2.75, 3.05) is 25.6 Å². The number of aliphatic carboxylic acids is 1. The fourth-order valence-corrected chi connectivity index (χ4v) is 6.57. The number of rotatable bonds is 5. The summed E-state index contributed by atoms with van der Waals surface area (Å²) < 4.78 is 0. The van der Waals surface area contributed by atoms with Crippen molar-refractivity contribution in [3.05, 3.63) is 29.3 Å². The molecule has 2 saturated carbocycles. The Labute approximate surface area is 185 Å². The van der Waals surface area contributed by atoms with Gasteiger partial charge in [-0.1, -0.05) is 18.6 Å². The zero-order chi connectivity index (χ0) is 21.7. The summed E-state index contributed by atoms with van der Waals surface area (Å²) in [6, 6.07) is 7.00. The lowest BCUT2D eigenvalue weighted by atomic mass is 9.71. The highest BCUT2D eigenvalue weighted by Gasteiger charge is 2.44. The van der Waals surface area contributed by atoms with E-state index in [1.807, 2.05) is 0 Å². The van der Waals surface area contributed by atoms with Crippen molar-refractivity contribution in [3.63, 3.8) is 0 Å². The summed E-state index contributed by atoms with van der Waals surface area (Å²) >= 11 is 0. The molecule has 0 radical (unpaired) electrons. The monoisotopic (exact) mass is 425 g/mol. The number of hydrazine groups is 1. The molecule has 1 amide bonds. The molecule has 2 aliphatic carbocycles. The molecule has 31 heavy (non-hydrogen) atoms.